The molecule has 0 radical (unpaired) electrons. The van der Waals surface area contributed by atoms with E-state index in [0.29, 0.717) is 0 Å². The summed E-state index contributed by atoms with van der Waals surface area (Å²) < 4.78 is 4.79. The van der Waals surface area contributed by atoms with Gasteiger partial charge in [0.25, 0.3) is 0 Å². The predicted molar refractivity (Wildman–Crippen MR) is 67.2 cm³/mol. The van der Waals surface area contributed by atoms with Crippen LogP contribution in [0.3, 0.4) is 0 Å². The van der Waals surface area contributed by atoms with Crippen LogP contribution in [0.1, 0.15) is 32.4 Å². The minimum atomic E-state index is 0.845. The Balaban J connectivity index is 0.000000606. The topological polar surface area (TPSA) is 26.0 Å². The van der Waals surface area contributed by atoms with Crippen molar-refractivity contribution in [3.05, 3.63) is 54.0 Å². The highest BCUT2D eigenvalue weighted by Crippen LogP contribution is 2.10. The molecule has 1 aromatic heterocycles. The number of hydrogen-bond acceptors (Lipinski definition) is 2. The van der Waals surface area contributed by atoms with Crippen molar-refractivity contribution >= 4 is 0 Å². The van der Waals surface area contributed by atoms with Gasteiger partial charge in [-0.3, -0.25) is 0 Å². The Labute approximate surface area is 97.3 Å². The van der Waals surface area contributed by atoms with Gasteiger partial charge in [-0.15, -0.1) is 0 Å². The van der Waals surface area contributed by atoms with Crippen molar-refractivity contribution in [3.63, 3.8) is 0 Å². The van der Waals surface area contributed by atoms with E-state index in [2.05, 4.69) is 35.5 Å². The molecule has 0 N–H and O–H groups in total. The molecule has 0 spiro atoms. The largest absolute Gasteiger partial charge is 0.365 e. The predicted octanol–water partition coefficient (Wildman–Crippen LogP) is 4.08. The van der Waals surface area contributed by atoms with Crippen molar-refractivity contribution in [2.45, 2.75) is 33.1 Å². The summed E-state index contributed by atoms with van der Waals surface area (Å²) in [6.45, 7) is 4.00. The van der Waals surface area contributed by atoms with Gasteiger partial charge < -0.3 is 4.52 Å². The SMILES string of the molecule is C1=C/CC\C=C/C(Cc2ccon2)=C\1.CC. The second kappa shape index (κ2) is 7.69. The monoisotopic (exact) mass is 217 g/mol. The average molecular weight is 217 g/mol. The molecule has 1 aliphatic rings. The third-order valence-electron chi connectivity index (χ3n) is 2.15. The minimum absolute atomic E-state index is 0.845. The van der Waals surface area contributed by atoms with Crippen molar-refractivity contribution < 1.29 is 4.52 Å². The number of aromatic nitrogens is 1. The van der Waals surface area contributed by atoms with E-state index in [9.17, 15) is 0 Å². The van der Waals surface area contributed by atoms with Gasteiger partial charge in [-0.25, -0.2) is 0 Å². The van der Waals surface area contributed by atoms with E-state index in [1.165, 1.54) is 5.57 Å². The van der Waals surface area contributed by atoms with E-state index in [-0.39, 0.29) is 0 Å². The lowest BCUT2D eigenvalue weighted by Gasteiger charge is -1.99. The molecular weight excluding hydrogens is 198 g/mol. The molecule has 16 heavy (non-hydrogen) atoms. The van der Waals surface area contributed by atoms with Crippen LogP contribution in [0.2, 0.25) is 0 Å². The summed E-state index contributed by atoms with van der Waals surface area (Å²) >= 11 is 0. The normalized spacial score (nSPS) is 21.8. The minimum Gasteiger partial charge on any atom is -0.365 e. The van der Waals surface area contributed by atoms with Crippen LogP contribution in [0.25, 0.3) is 0 Å². The number of allylic oxidation sites excluding steroid dienone is 6. The molecule has 2 rings (SSSR count). The molecule has 86 valence electrons. The molecule has 0 fully saturated rings. The Morgan fingerprint density at radius 1 is 1.25 bits per heavy atom. The number of hydrogen-bond donors (Lipinski definition) is 0. The summed E-state index contributed by atoms with van der Waals surface area (Å²) in [6.07, 6.45) is 15.5. The molecule has 0 saturated heterocycles. The molecule has 0 atom stereocenters. The molecule has 0 saturated carbocycles. The second-order valence-corrected chi connectivity index (χ2v) is 3.32. The summed E-state index contributed by atoms with van der Waals surface area (Å²) in [4.78, 5) is 0. The molecule has 0 aliphatic heterocycles. The van der Waals surface area contributed by atoms with Crippen molar-refractivity contribution in [1.82, 2.24) is 5.16 Å². The summed E-state index contributed by atoms with van der Waals surface area (Å²) in [5.74, 6) is 0. The van der Waals surface area contributed by atoms with Crippen molar-refractivity contribution in [2.24, 2.45) is 0 Å². The van der Waals surface area contributed by atoms with Crippen LogP contribution in [-0.2, 0) is 6.42 Å². The molecule has 0 bridgehead atoms. The third kappa shape index (κ3) is 4.30. The zero-order valence-corrected chi connectivity index (χ0v) is 10.0. The van der Waals surface area contributed by atoms with Gasteiger partial charge in [-0.2, -0.15) is 0 Å². The lowest BCUT2D eigenvalue weighted by atomic mass is 10.1. The lowest BCUT2D eigenvalue weighted by Crippen LogP contribution is -1.88. The first kappa shape index (κ1) is 12.5. The van der Waals surface area contributed by atoms with E-state index in [1.807, 2.05) is 19.9 Å². The zero-order valence-electron chi connectivity index (χ0n) is 10.0. The third-order valence-corrected chi connectivity index (χ3v) is 2.15. The van der Waals surface area contributed by atoms with Crippen LogP contribution >= 0.6 is 0 Å². The molecule has 1 aromatic rings. The van der Waals surface area contributed by atoms with Gasteiger partial charge in [0.15, 0.2) is 0 Å². The van der Waals surface area contributed by atoms with E-state index in [4.69, 9.17) is 4.52 Å². The van der Waals surface area contributed by atoms with Crippen LogP contribution in [-0.4, -0.2) is 5.16 Å². The maximum absolute atomic E-state index is 4.79. The Bertz CT molecular complexity index is 358. The van der Waals surface area contributed by atoms with E-state index >= 15 is 0 Å². The Morgan fingerprint density at radius 2 is 2.06 bits per heavy atom. The van der Waals surface area contributed by atoms with Crippen LogP contribution < -0.4 is 0 Å². The van der Waals surface area contributed by atoms with Crippen LogP contribution in [0, 0.1) is 0 Å². The molecule has 2 heteroatoms. The fourth-order valence-corrected chi connectivity index (χ4v) is 1.43. The molecular formula is C14H19NO. The quantitative estimate of drug-likeness (QED) is 0.746. The van der Waals surface area contributed by atoms with Gasteiger partial charge in [0.05, 0.1) is 5.69 Å². The molecule has 0 aromatic carbocycles. The highest BCUT2D eigenvalue weighted by atomic mass is 16.5. The standard InChI is InChI=1S/C12H13NO.C2H6/c1-2-4-6-11(7-5-3-1)10-12-8-9-14-13-12;1-2/h2,4-9H,1,3,10H2;1-2H3/b4-2-,7-5-,11-6+;. The Morgan fingerprint density at radius 3 is 2.81 bits per heavy atom. The molecule has 1 aliphatic carbocycles. The van der Waals surface area contributed by atoms with E-state index < -0.39 is 0 Å². The highest BCUT2D eigenvalue weighted by molar-refractivity contribution is 5.28. The highest BCUT2D eigenvalue weighted by Gasteiger charge is 1.99. The van der Waals surface area contributed by atoms with Crippen molar-refractivity contribution in [3.8, 4) is 0 Å². The average Bonchev–Trinajstić information content (AvgIpc) is 2.77. The van der Waals surface area contributed by atoms with Gasteiger partial charge in [0, 0.05) is 12.5 Å². The van der Waals surface area contributed by atoms with Gasteiger partial charge in [0.1, 0.15) is 6.26 Å². The van der Waals surface area contributed by atoms with Gasteiger partial charge >= 0.3 is 0 Å². The van der Waals surface area contributed by atoms with Gasteiger partial charge in [0.2, 0.25) is 0 Å². The number of rotatable bonds is 2. The second-order valence-electron chi connectivity index (χ2n) is 3.32. The fourth-order valence-electron chi connectivity index (χ4n) is 1.43. The summed E-state index contributed by atoms with van der Waals surface area (Å²) in [5.41, 5.74) is 2.25. The molecule has 1 heterocycles. The Kier molecular flexibility index (Phi) is 6.00. The first-order valence-corrected chi connectivity index (χ1v) is 5.86. The van der Waals surface area contributed by atoms with Crippen molar-refractivity contribution in [2.75, 3.05) is 0 Å². The smallest absolute Gasteiger partial charge is 0.124 e. The van der Waals surface area contributed by atoms with E-state index in [1.54, 1.807) is 6.26 Å². The van der Waals surface area contributed by atoms with Crippen molar-refractivity contribution in [1.29, 1.82) is 0 Å². The Hall–Kier alpha value is -1.57. The first-order chi connectivity index (χ1) is 7.95. The van der Waals surface area contributed by atoms with E-state index in [0.717, 1.165) is 25.0 Å². The molecule has 0 unspecified atom stereocenters. The summed E-state index contributed by atoms with van der Waals surface area (Å²) in [7, 11) is 0. The van der Waals surface area contributed by atoms with Gasteiger partial charge in [-0.1, -0.05) is 49.4 Å². The lowest BCUT2D eigenvalue weighted by molar-refractivity contribution is 0.413. The maximum atomic E-state index is 4.79. The zero-order chi connectivity index (χ0) is 11.6. The maximum Gasteiger partial charge on any atom is 0.124 e. The molecule has 2 nitrogen and oxygen atoms in total. The van der Waals surface area contributed by atoms with Crippen LogP contribution in [0.5, 0.6) is 0 Å². The summed E-state index contributed by atoms with van der Waals surface area (Å²) in [6, 6.07) is 1.90. The fraction of sp³-hybridized carbons (Fsp3) is 0.357. The first-order valence-electron chi connectivity index (χ1n) is 5.86. The summed E-state index contributed by atoms with van der Waals surface area (Å²) in [5, 5.41) is 3.89. The number of nitrogens with zero attached hydrogens (tertiary/aromatic N) is 1. The van der Waals surface area contributed by atoms with Crippen LogP contribution in [0.15, 0.2) is 52.8 Å². The van der Waals surface area contributed by atoms with Gasteiger partial charge in [-0.05, 0) is 18.4 Å². The van der Waals surface area contributed by atoms with Crippen LogP contribution in [0.4, 0.5) is 0 Å². The molecule has 0 amide bonds.